The number of nitrogens with zero attached hydrogens (tertiary/aromatic N) is 2. The van der Waals surface area contributed by atoms with Crippen LogP contribution in [-0.4, -0.2) is 48.1 Å². The lowest BCUT2D eigenvalue weighted by molar-refractivity contribution is 0.198. The zero-order valence-corrected chi connectivity index (χ0v) is 23.6. The van der Waals surface area contributed by atoms with Crippen molar-refractivity contribution in [3.8, 4) is 11.5 Å². The van der Waals surface area contributed by atoms with Crippen molar-refractivity contribution in [2.24, 2.45) is 4.99 Å². The zero-order chi connectivity index (χ0) is 28.1. The minimum atomic E-state index is -0.269. The first-order chi connectivity index (χ1) is 19.4. The predicted molar refractivity (Wildman–Crippen MR) is 164 cm³/mol. The van der Waals surface area contributed by atoms with Crippen molar-refractivity contribution >= 4 is 28.6 Å². The predicted octanol–water partition coefficient (Wildman–Crippen LogP) is 8.26. The number of hydrogen-bond donors (Lipinski definition) is 1. The van der Waals surface area contributed by atoms with Gasteiger partial charge in [-0.2, -0.15) is 0 Å². The summed E-state index contributed by atoms with van der Waals surface area (Å²) in [6.07, 6.45) is 6.35. The normalized spacial score (nSPS) is 17.3. The van der Waals surface area contributed by atoms with Crippen LogP contribution in [0.25, 0.3) is 17.2 Å². The molecule has 0 radical (unpaired) electrons. The average molecular weight is 539 g/mol. The van der Waals surface area contributed by atoms with Gasteiger partial charge in [0.05, 0.1) is 12.4 Å². The van der Waals surface area contributed by atoms with Crippen molar-refractivity contribution in [2.75, 3.05) is 26.3 Å². The van der Waals surface area contributed by atoms with Crippen LogP contribution in [0.15, 0.2) is 72.2 Å². The van der Waals surface area contributed by atoms with Crippen LogP contribution in [0.3, 0.4) is 0 Å². The van der Waals surface area contributed by atoms with Crippen LogP contribution in [0.4, 0.5) is 10.1 Å². The Bertz CT molecular complexity index is 1420. The summed E-state index contributed by atoms with van der Waals surface area (Å²) in [5, 5.41) is 10.3. The number of phenolic OH excluding ortho intramolecular Hbond substituents is 1. The molecule has 5 rings (SSSR count). The van der Waals surface area contributed by atoms with Crippen LogP contribution in [-0.2, 0) is 6.42 Å². The molecule has 1 aliphatic carbocycles. The van der Waals surface area contributed by atoms with Crippen LogP contribution in [0, 0.1) is 0 Å². The summed E-state index contributed by atoms with van der Waals surface area (Å²) in [6.45, 7) is 10.3. The molecular weight excluding hydrogens is 499 g/mol. The zero-order valence-electron chi connectivity index (χ0n) is 23.6. The molecule has 40 heavy (non-hydrogen) atoms. The number of aryl methyl sites for hydroxylation is 1. The molecule has 4 nitrogen and oxygen atoms in total. The van der Waals surface area contributed by atoms with Crippen LogP contribution in [0.2, 0.25) is 0 Å². The summed E-state index contributed by atoms with van der Waals surface area (Å²) in [6, 6.07) is 20.6. The molecule has 0 unspecified atom stereocenters. The molecule has 0 amide bonds. The average Bonchev–Trinajstić information content (AvgIpc) is 3.30. The van der Waals surface area contributed by atoms with Gasteiger partial charge in [0.2, 0.25) is 0 Å². The van der Waals surface area contributed by atoms with E-state index in [2.05, 4.69) is 53.9 Å². The lowest BCUT2D eigenvalue weighted by Gasteiger charge is -2.19. The molecule has 0 aromatic heterocycles. The smallest absolute Gasteiger partial charge is 0.119 e. The molecule has 3 aromatic rings. The Morgan fingerprint density at radius 3 is 2.62 bits per heavy atom. The number of fused-ring (bicyclic) bond motifs is 1. The lowest BCUT2D eigenvalue weighted by Crippen LogP contribution is -2.26. The fourth-order valence-corrected chi connectivity index (χ4v) is 5.91. The largest absolute Gasteiger partial charge is 0.508 e. The fourth-order valence-electron chi connectivity index (χ4n) is 5.91. The third kappa shape index (κ3) is 6.37. The number of halogens is 1. The molecule has 208 valence electrons. The summed E-state index contributed by atoms with van der Waals surface area (Å²) >= 11 is 0. The van der Waals surface area contributed by atoms with E-state index in [9.17, 15) is 9.50 Å². The Kier molecular flexibility index (Phi) is 8.81. The van der Waals surface area contributed by atoms with Gasteiger partial charge in [-0.1, -0.05) is 43.0 Å². The SMILES string of the molecule is C=Cc1ccc(C2=C(c3ccc(O[C@H]4CCN(CCCF)C4)cc3)c3ccc(O)cc3CCC2)cc1N=C(C)C. The lowest BCUT2D eigenvalue weighted by atomic mass is 9.87. The van der Waals surface area contributed by atoms with E-state index in [1.807, 2.05) is 32.1 Å². The first-order valence-electron chi connectivity index (χ1n) is 14.3. The van der Waals surface area contributed by atoms with Gasteiger partial charge in [-0.05, 0) is 115 Å². The molecule has 0 saturated carbocycles. The number of hydrogen-bond acceptors (Lipinski definition) is 4. The maximum Gasteiger partial charge on any atom is 0.119 e. The molecule has 5 heteroatoms. The van der Waals surface area contributed by atoms with Gasteiger partial charge in [0, 0.05) is 25.3 Å². The molecule has 1 heterocycles. The Morgan fingerprint density at radius 1 is 1.07 bits per heavy atom. The molecule has 1 fully saturated rings. The van der Waals surface area contributed by atoms with Gasteiger partial charge in [0.1, 0.15) is 17.6 Å². The van der Waals surface area contributed by atoms with Gasteiger partial charge in [0.25, 0.3) is 0 Å². The second kappa shape index (κ2) is 12.6. The van der Waals surface area contributed by atoms with E-state index in [-0.39, 0.29) is 12.8 Å². The summed E-state index contributed by atoms with van der Waals surface area (Å²) in [4.78, 5) is 7.08. The van der Waals surface area contributed by atoms with Crippen LogP contribution in [0.5, 0.6) is 11.5 Å². The number of likely N-dealkylation sites (tertiary alicyclic amines) is 1. The van der Waals surface area contributed by atoms with Crippen LogP contribution in [0.1, 0.15) is 67.3 Å². The molecule has 1 saturated heterocycles. The van der Waals surface area contributed by atoms with Gasteiger partial charge >= 0.3 is 0 Å². The highest BCUT2D eigenvalue weighted by molar-refractivity contribution is 6.00. The number of aliphatic imine (C=N–C) groups is 1. The van der Waals surface area contributed by atoms with Gasteiger partial charge in [-0.3, -0.25) is 14.3 Å². The minimum Gasteiger partial charge on any atom is -0.508 e. The van der Waals surface area contributed by atoms with E-state index in [1.165, 1.54) is 11.1 Å². The highest BCUT2D eigenvalue weighted by Gasteiger charge is 2.24. The monoisotopic (exact) mass is 538 g/mol. The molecule has 0 spiro atoms. The number of rotatable bonds is 9. The fraction of sp³-hybridized carbons (Fsp3) is 0.343. The molecule has 3 aromatic carbocycles. The topological polar surface area (TPSA) is 45.1 Å². The number of aromatic hydroxyl groups is 1. The number of alkyl halides is 1. The van der Waals surface area contributed by atoms with Crippen molar-refractivity contribution in [1.29, 1.82) is 0 Å². The maximum atomic E-state index is 12.6. The second-order valence-corrected chi connectivity index (χ2v) is 11.0. The third-order valence-corrected chi connectivity index (χ3v) is 7.76. The minimum absolute atomic E-state index is 0.131. The van der Waals surface area contributed by atoms with Crippen molar-refractivity contribution < 1.29 is 14.2 Å². The molecule has 2 aliphatic rings. The van der Waals surface area contributed by atoms with Gasteiger partial charge in [-0.15, -0.1) is 0 Å². The van der Waals surface area contributed by atoms with Crippen LogP contribution >= 0.6 is 0 Å². The van der Waals surface area contributed by atoms with Gasteiger partial charge in [-0.25, -0.2) is 0 Å². The van der Waals surface area contributed by atoms with Crippen molar-refractivity contribution in [3.63, 3.8) is 0 Å². The first kappa shape index (κ1) is 27.9. The van der Waals surface area contributed by atoms with Crippen molar-refractivity contribution in [2.45, 2.75) is 52.1 Å². The Hall–Kier alpha value is -3.70. The van der Waals surface area contributed by atoms with E-state index < -0.39 is 0 Å². The summed E-state index contributed by atoms with van der Waals surface area (Å²) in [5.41, 5.74) is 10.00. The van der Waals surface area contributed by atoms with Crippen molar-refractivity contribution in [1.82, 2.24) is 4.90 Å². The Balaban J connectivity index is 1.53. The van der Waals surface area contributed by atoms with Crippen LogP contribution < -0.4 is 4.74 Å². The standard InChI is InChI=1S/C35H39FN2O2/c1-4-25-9-10-28(22-34(25)37-24(2)3)32-8-5-7-27-21-29(39)13-16-33(27)35(32)26-11-14-30(15-12-26)40-31-17-20-38(23-31)19-6-18-36/h4,9-16,21-22,31,39H,1,5-8,17-20,23H2,2-3H3/t31-/m0/s1. The Labute approximate surface area is 237 Å². The quantitative estimate of drug-likeness (QED) is 0.279. The molecule has 1 atom stereocenters. The number of allylic oxidation sites excluding steroid dienone is 1. The second-order valence-electron chi connectivity index (χ2n) is 11.0. The molecule has 1 N–H and O–H groups in total. The van der Waals surface area contributed by atoms with Gasteiger partial charge in [0.15, 0.2) is 0 Å². The van der Waals surface area contributed by atoms with E-state index in [4.69, 9.17) is 9.73 Å². The number of phenols is 1. The van der Waals surface area contributed by atoms with E-state index in [0.717, 1.165) is 90.3 Å². The molecule has 0 bridgehead atoms. The summed E-state index contributed by atoms with van der Waals surface area (Å²) < 4.78 is 18.9. The van der Waals surface area contributed by atoms with E-state index in [1.54, 1.807) is 6.07 Å². The number of benzene rings is 3. The summed E-state index contributed by atoms with van der Waals surface area (Å²) in [5.74, 6) is 1.15. The highest BCUT2D eigenvalue weighted by Crippen LogP contribution is 2.42. The number of ether oxygens (including phenoxy) is 1. The highest BCUT2D eigenvalue weighted by atomic mass is 19.1. The van der Waals surface area contributed by atoms with Gasteiger partial charge < -0.3 is 9.84 Å². The molecular formula is C35H39FN2O2. The Morgan fingerprint density at radius 2 is 1.88 bits per heavy atom. The maximum absolute atomic E-state index is 12.6. The summed E-state index contributed by atoms with van der Waals surface area (Å²) in [7, 11) is 0. The third-order valence-electron chi connectivity index (χ3n) is 7.76. The molecule has 1 aliphatic heterocycles. The van der Waals surface area contributed by atoms with E-state index in [0.29, 0.717) is 12.2 Å². The van der Waals surface area contributed by atoms with E-state index >= 15 is 0 Å². The van der Waals surface area contributed by atoms with Crippen molar-refractivity contribution in [3.05, 3.63) is 95.1 Å². The first-order valence-corrected chi connectivity index (χ1v) is 14.3.